The van der Waals surface area contributed by atoms with Crippen molar-refractivity contribution in [3.63, 3.8) is 0 Å². The summed E-state index contributed by atoms with van der Waals surface area (Å²) in [5.74, 6) is -0.739. The summed E-state index contributed by atoms with van der Waals surface area (Å²) in [6, 6.07) is 0. The number of hydrogen-bond acceptors (Lipinski definition) is 3. The highest BCUT2D eigenvalue weighted by atomic mass is 16.1. The highest BCUT2D eigenvalue weighted by Crippen LogP contribution is 1.90. The van der Waals surface area contributed by atoms with Crippen LogP contribution in [0.4, 0.5) is 0 Å². The van der Waals surface area contributed by atoms with Crippen LogP contribution in [0.2, 0.25) is 0 Å². The first-order valence-electron chi connectivity index (χ1n) is 4.84. The molecule has 0 aliphatic carbocycles. The second-order valence-corrected chi connectivity index (χ2v) is 3.18. The van der Waals surface area contributed by atoms with Crippen LogP contribution in [0, 0.1) is 5.41 Å². The molecule has 0 aromatic carbocycles. The minimum Gasteiger partial charge on any atom is -0.369 e. The first kappa shape index (κ1) is 14.1. The van der Waals surface area contributed by atoms with Crippen LogP contribution >= 0.6 is 0 Å². The Balaban J connectivity index is 4.84. The Kier molecular flexibility index (Phi) is 5.76. The predicted molar refractivity (Wildman–Crippen MR) is 64.8 cm³/mol. The van der Waals surface area contributed by atoms with Gasteiger partial charge in [0.1, 0.15) is 0 Å². The molecule has 0 aliphatic heterocycles. The van der Waals surface area contributed by atoms with E-state index in [-0.39, 0.29) is 11.8 Å². The van der Waals surface area contributed by atoms with E-state index in [4.69, 9.17) is 16.9 Å². The quantitative estimate of drug-likeness (QED) is 0.428. The van der Waals surface area contributed by atoms with Crippen LogP contribution < -0.4 is 11.5 Å². The first-order valence-corrected chi connectivity index (χ1v) is 4.84. The summed E-state index contributed by atoms with van der Waals surface area (Å²) in [4.78, 5) is 20.0. The fraction of sp³-hybridized carbons (Fsp3) is 0.556. The van der Waals surface area contributed by atoms with E-state index in [1.807, 2.05) is 6.92 Å². The summed E-state index contributed by atoms with van der Waals surface area (Å²) in [5, 5.41) is 7.35. The van der Waals surface area contributed by atoms with E-state index in [1.165, 1.54) is 7.05 Å². The van der Waals surface area contributed by atoms with Crippen LogP contribution in [0.5, 0.6) is 0 Å². The Morgan fingerprint density at radius 2 is 2.00 bits per heavy atom. The Morgan fingerprint density at radius 3 is 2.38 bits per heavy atom. The lowest BCUT2D eigenvalue weighted by Crippen LogP contribution is -2.37. The second kappa shape index (κ2) is 6.54. The zero-order chi connectivity index (χ0) is 12.7. The number of nitrogens with zero attached hydrogens (tertiary/aromatic N) is 3. The molecule has 0 fully saturated rings. The molecule has 0 atom stereocenters. The van der Waals surface area contributed by atoms with Gasteiger partial charge in [0.05, 0.1) is 0 Å². The largest absolute Gasteiger partial charge is 0.369 e. The van der Waals surface area contributed by atoms with E-state index in [1.54, 1.807) is 11.9 Å². The van der Waals surface area contributed by atoms with Gasteiger partial charge in [0.15, 0.2) is 17.5 Å². The molecule has 0 unspecified atom stereocenters. The number of rotatable bonds is 4. The Morgan fingerprint density at radius 1 is 1.44 bits per heavy atom. The predicted octanol–water partition coefficient (Wildman–Crippen LogP) is -0.824. The van der Waals surface area contributed by atoms with Crippen LogP contribution in [0.25, 0.3) is 0 Å². The SMILES string of the molecule is CCCN(C)C(N)=NC(=NC)C(=N)C(N)=O. The van der Waals surface area contributed by atoms with Gasteiger partial charge in [0, 0.05) is 20.6 Å². The van der Waals surface area contributed by atoms with E-state index < -0.39 is 11.6 Å². The van der Waals surface area contributed by atoms with E-state index in [9.17, 15) is 4.79 Å². The standard InChI is InChI=1S/C9H18N6O/c1-4-5-15(3)9(12)14-8(13-2)6(10)7(11)16/h10H,4-5H2,1-3H3,(H2,11,16)(H2,12,13,14). The van der Waals surface area contributed by atoms with Crippen molar-refractivity contribution in [1.82, 2.24) is 4.90 Å². The highest BCUT2D eigenvalue weighted by Gasteiger charge is 2.12. The third-order valence-corrected chi connectivity index (χ3v) is 1.85. The molecule has 7 heteroatoms. The molecular formula is C9H18N6O. The van der Waals surface area contributed by atoms with Gasteiger partial charge in [0.2, 0.25) is 0 Å². The number of hydrogen-bond donors (Lipinski definition) is 3. The lowest BCUT2D eigenvalue weighted by Gasteiger charge is -2.16. The lowest BCUT2D eigenvalue weighted by molar-refractivity contribution is -0.111. The maximum Gasteiger partial charge on any atom is 0.270 e. The third kappa shape index (κ3) is 4.07. The smallest absolute Gasteiger partial charge is 0.270 e. The highest BCUT2D eigenvalue weighted by molar-refractivity contribution is 6.65. The number of primary amides is 1. The van der Waals surface area contributed by atoms with Crippen LogP contribution in [0.1, 0.15) is 13.3 Å². The van der Waals surface area contributed by atoms with Crippen molar-refractivity contribution in [1.29, 1.82) is 5.41 Å². The third-order valence-electron chi connectivity index (χ3n) is 1.85. The number of amides is 1. The maximum atomic E-state index is 10.8. The average molecular weight is 226 g/mol. The molecule has 0 aromatic heterocycles. The summed E-state index contributed by atoms with van der Waals surface area (Å²) in [7, 11) is 3.19. The fourth-order valence-electron chi connectivity index (χ4n) is 0.972. The molecule has 1 amide bonds. The zero-order valence-electron chi connectivity index (χ0n) is 9.82. The van der Waals surface area contributed by atoms with Gasteiger partial charge in [0.25, 0.3) is 5.91 Å². The number of nitrogens with one attached hydrogen (secondary N) is 1. The van der Waals surface area contributed by atoms with Crippen molar-refractivity contribution in [2.24, 2.45) is 21.5 Å². The van der Waals surface area contributed by atoms with E-state index in [0.717, 1.165) is 13.0 Å². The number of aliphatic imine (C=N–C) groups is 2. The Hall–Kier alpha value is -1.92. The molecule has 0 radical (unpaired) electrons. The van der Waals surface area contributed by atoms with Crippen molar-refractivity contribution in [2.45, 2.75) is 13.3 Å². The number of guanidine groups is 1. The van der Waals surface area contributed by atoms with E-state index in [2.05, 4.69) is 9.98 Å². The van der Waals surface area contributed by atoms with Crippen LogP contribution in [0.3, 0.4) is 0 Å². The van der Waals surface area contributed by atoms with Crippen molar-refractivity contribution in [3.05, 3.63) is 0 Å². The normalized spacial score (nSPS) is 12.4. The fourth-order valence-corrected chi connectivity index (χ4v) is 0.972. The van der Waals surface area contributed by atoms with Crippen molar-refractivity contribution in [2.75, 3.05) is 20.6 Å². The van der Waals surface area contributed by atoms with E-state index >= 15 is 0 Å². The summed E-state index contributed by atoms with van der Waals surface area (Å²) in [5.41, 5.74) is 10.2. The molecule has 16 heavy (non-hydrogen) atoms. The molecule has 5 N–H and O–H groups in total. The number of carbonyl (C=O) groups is 1. The minimum atomic E-state index is -0.879. The second-order valence-electron chi connectivity index (χ2n) is 3.18. The summed E-state index contributed by atoms with van der Waals surface area (Å²) < 4.78 is 0. The first-order chi connectivity index (χ1) is 7.43. The van der Waals surface area contributed by atoms with Gasteiger partial charge in [-0.3, -0.25) is 15.2 Å². The summed E-state index contributed by atoms with van der Waals surface area (Å²) in [6.45, 7) is 2.74. The van der Waals surface area contributed by atoms with Gasteiger partial charge in [-0.2, -0.15) is 4.99 Å². The van der Waals surface area contributed by atoms with E-state index in [0.29, 0.717) is 0 Å². The lowest BCUT2D eigenvalue weighted by atomic mass is 10.3. The molecule has 0 heterocycles. The van der Waals surface area contributed by atoms with Crippen LogP contribution in [-0.2, 0) is 4.79 Å². The van der Waals surface area contributed by atoms with Crippen molar-refractivity contribution < 1.29 is 4.79 Å². The summed E-state index contributed by atoms with van der Waals surface area (Å²) >= 11 is 0. The van der Waals surface area contributed by atoms with Gasteiger partial charge < -0.3 is 16.4 Å². The molecule has 0 aliphatic rings. The Bertz CT molecular complexity index is 333. The molecule has 0 spiro atoms. The Labute approximate surface area is 94.7 Å². The van der Waals surface area contributed by atoms with Crippen molar-refractivity contribution >= 4 is 23.4 Å². The van der Waals surface area contributed by atoms with Gasteiger partial charge in [-0.15, -0.1) is 0 Å². The number of amidine groups is 1. The maximum absolute atomic E-state index is 10.8. The van der Waals surface area contributed by atoms with Crippen molar-refractivity contribution in [3.8, 4) is 0 Å². The van der Waals surface area contributed by atoms with Gasteiger partial charge in [-0.25, -0.2) is 0 Å². The molecule has 7 nitrogen and oxygen atoms in total. The minimum absolute atomic E-state index is 0.0621. The van der Waals surface area contributed by atoms with Gasteiger partial charge >= 0.3 is 0 Å². The van der Waals surface area contributed by atoms with Crippen LogP contribution in [-0.4, -0.2) is 49.0 Å². The topological polar surface area (TPSA) is 121 Å². The number of carbonyl (C=O) groups excluding carboxylic acids is 1. The van der Waals surface area contributed by atoms with Gasteiger partial charge in [-0.1, -0.05) is 6.92 Å². The molecular weight excluding hydrogens is 208 g/mol. The van der Waals surface area contributed by atoms with Gasteiger partial charge in [-0.05, 0) is 6.42 Å². The molecule has 0 bridgehead atoms. The monoisotopic (exact) mass is 226 g/mol. The molecule has 0 rings (SSSR count). The van der Waals surface area contributed by atoms with Crippen LogP contribution in [0.15, 0.2) is 9.98 Å². The average Bonchev–Trinajstić information content (AvgIpc) is 2.24. The molecule has 0 saturated carbocycles. The number of nitrogens with two attached hydrogens (primary N) is 2. The molecule has 0 aromatic rings. The molecule has 90 valence electrons. The molecule has 0 saturated heterocycles. The summed E-state index contributed by atoms with van der Waals surface area (Å²) in [6.07, 6.45) is 0.915. The zero-order valence-corrected chi connectivity index (χ0v) is 9.82.